The zero-order valence-corrected chi connectivity index (χ0v) is 12.3. The summed E-state index contributed by atoms with van der Waals surface area (Å²) in [5.74, 6) is 0.979. The summed E-state index contributed by atoms with van der Waals surface area (Å²) in [6.07, 6.45) is -4.39. The van der Waals surface area contributed by atoms with Crippen molar-refractivity contribution in [2.75, 3.05) is 0 Å². The summed E-state index contributed by atoms with van der Waals surface area (Å²) in [4.78, 5) is 4.20. The SMILES string of the molecule is CC(C)c1noc([C@H](C)Sc2nnnn2CC(F)(F)F)n1. The molecule has 0 aromatic carbocycles. The second-order valence-electron chi connectivity index (χ2n) is 4.64. The predicted octanol–water partition coefficient (Wildman–Crippen LogP) is 2.60. The summed E-state index contributed by atoms with van der Waals surface area (Å²) in [5, 5.41) is 13.7. The van der Waals surface area contributed by atoms with E-state index >= 15 is 0 Å². The van der Waals surface area contributed by atoms with Crippen molar-refractivity contribution in [1.29, 1.82) is 0 Å². The first kappa shape index (κ1) is 15.7. The summed E-state index contributed by atoms with van der Waals surface area (Å²) >= 11 is 1.03. The zero-order valence-electron chi connectivity index (χ0n) is 11.5. The molecule has 2 aromatic heterocycles. The average Bonchev–Trinajstić information content (AvgIpc) is 2.97. The first-order valence-electron chi connectivity index (χ1n) is 6.09. The highest BCUT2D eigenvalue weighted by Crippen LogP contribution is 2.33. The van der Waals surface area contributed by atoms with Gasteiger partial charge in [0, 0.05) is 5.92 Å². The van der Waals surface area contributed by atoms with Crippen molar-refractivity contribution in [2.45, 2.75) is 49.8 Å². The van der Waals surface area contributed by atoms with Crippen molar-refractivity contribution in [2.24, 2.45) is 0 Å². The fourth-order valence-electron chi connectivity index (χ4n) is 1.41. The average molecular weight is 322 g/mol. The number of hydrogen-bond donors (Lipinski definition) is 0. The molecule has 0 amide bonds. The summed E-state index contributed by atoms with van der Waals surface area (Å²) in [5.41, 5.74) is 0. The number of thioether (sulfide) groups is 1. The van der Waals surface area contributed by atoms with Gasteiger partial charge in [-0.05, 0) is 17.4 Å². The maximum atomic E-state index is 12.4. The van der Waals surface area contributed by atoms with Crippen LogP contribution >= 0.6 is 11.8 Å². The first-order valence-corrected chi connectivity index (χ1v) is 6.97. The molecular formula is C10H13F3N6OS. The van der Waals surface area contributed by atoms with Crippen molar-refractivity contribution < 1.29 is 17.7 Å². The molecular weight excluding hydrogens is 309 g/mol. The molecule has 0 spiro atoms. The van der Waals surface area contributed by atoms with E-state index in [2.05, 4.69) is 25.7 Å². The Morgan fingerprint density at radius 3 is 2.57 bits per heavy atom. The van der Waals surface area contributed by atoms with E-state index in [1.807, 2.05) is 13.8 Å². The van der Waals surface area contributed by atoms with Crippen LogP contribution in [0.4, 0.5) is 13.2 Å². The molecule has 0 bridgehead atoms. The molecule has 0 saturated carbocycles. The fourth-order valence-corrected chi connectivity index (χ4v) is 2.22. The maximum Gasteiger partial charge on any atom is 0.408 e. The Morgan fingerprint density at radius 2 is 2.00 bits per heavy atom. The molecule has 11 heteroatoms. The molecule has 1 atom stereocenters. The normalized spacial score (nSPS) is 13.9. The Balaban J connectivity index is 2.09. The lowest BCUT2D eigenvalue weighted by molar-refractivity contribution is -0.144. The van der Waals surface area contributed by atoms with Crippen LogP contribution in [0.3, 0.4) is 0 Å². The number of tetrazole rings is 1. The van der Waals surface area contributed by atoms with Crippen LogP contribution in [0.5, 0.6) is 0 Å². The van der Waals surface area contributed by atoms with E-state index in [0.29, 0.717) is 16.4 Å². The van der Waals surface area contributed by atoms with Gasteiger partial charge in [-0.1, -0.05) is 30.8 Å². The third kappa shape index (κ3) is 4.16. The number of halogens is 3. The minimum absolute atomic E-state index is 0.0455. The second kappa shape index (κ2) is 6.00. The molecule has 0 aliphatic rings. The van der Waals surface area contributed by atoms with Gasteiger partial charge in [-0.2, -0.15) is 18.2 Å². The third-order valence-electron chi connectivity index (χ3n) is 2.43. The van der Waals surface area contributed by atoms with E-state index in [9.17, 15) is 13.2 Å². The highest BCUT2D eigenvalue weighted by atomic mass is 32.2. The van der Waals surface area contributed by atoms with Gasteiger partial charge >= 0.3 is 6.18 Å². The van der Waals surface area contributed by atoms with Gasteiger partial charge in [0.1, 0.15) is 6.54 Å². The highest BCUT2D eigenvalue weighted by molar-refractivity contribution is 7.99. The lowest BCUT2D eigenvalue weighted by Crippen LogP contribution is -2.19. The van der Waals surface area contributed by atoms with Crippen LogP contribution in [0.2, 0.25) is 0 Å². The Morgan fingerprint density at radius 1 is 1.29 bits per heavy atom. The maximum absolute atomic E-state index is 12.4. The van der Waals surface area contributed by atoms with Gasteiger partial charge in [0.2, 0.25) is 11.0 Å². The van der Waals surface area contributed by atoms with Crippen molar-refractivity contribution in [3.05, 3.63) is 11.7 Å². The quantitative estimate of drug-likeness (QED) is 0.782. The standard InChI is InChI=1S/C10H13F3N6OS/c1-5(2)7-14-8(20-16-7)6(3)21-9-15-17-18-19(9)4-10(11,12)13/h5-6H,4H2,1-3H3/t6-/m0/s1. The monoisotopic (exact) mass is 322 g/mol. The fraction of sp³-hybridized carbons (Fsp3) is 0.700. The number of nitrogens with zero attached hydrogens (tertiary/aromatic N) is 6. The molecule has 2 rings (SSSR count). The Bertz CT molecular complexity index is 596. The molecule has 0 aliphatic carbocycles. The van der Waals surface area contributed by atoms with Crippen LogP contribution in [0, 0.1) is 0 Å². The molecule has 0 unspecified atom stereocenters. The van der Waals surface area contributed by atoms with Gasteiger partial charge in [0.15, 0.2) is 5.82 Å². The predicted molar refractivity (Wildman–Crippen MR) is 66.5 cm³/mol. The van der Waals surface area contributed by atoms with Crippen LogP contribution in [-0.4, -0.2) is 36.5 Å². The lowest BCUT2D eigenvalue weighted by Gasteiger charge is -2.09. The van der Waals surface area contributed by atoms with Gasteiger partial charge in [-0.25, -0.2) is 4.68 Å². The van der Waals surface area contributed by atoms with E-state index in [-0.39, 0.29) is 16.3 Å². The molecule has 116 valence electrons. The minimum Gasteiger partial charge on any atom is -0.338 e. The molecule has 2 heterocycles. The van der Waals surface area contributed by atoms with E-state index in [1.165, 1.54) is 0 Å². The van der Waals surface area contributed by atoms with Crippen molar-refractivity contribution >= 4 is 11.8 Å². The number of hydrogen-bond acceptors (Lipinski definition) is 7. The first-order chi connectivity index (χ1) is 9.76. The van der Waals surface area contributed by atoms with Crippen molar-refractivity contribution in [3.8, 4) is 0 Å². The van der Waals surface area contributed by atoms with E-state index < -0.39 is 12.7 Å². The third-order valence-corrected chi connectivity index (χ3v) is 3.49. The van der Waals surface area contributed by atoms with Crippen LogP contribution in [0.1, 0.15) is 43.7 Å². The lowest BCUT2D eigenvalue weighted by atomic mass is 10.2. The molecule has 0 aliphatic heterocycles. The Labute approximate surface area is 122 Å². The van der Waals surface area contributed by atoms with Gasteiger partial charge in [0.05, 0.1) is 5.25 Å². The van der Waals surface area contributed by atoms with Crippen molar-refractivity contribution in [3.63, 3.8) is 0 Å². The van der Waals surface area contributed by atoms with E-state index in [0.717, 1.165) is 11.8 Å². The van der Waals surface area contributed by atoms with Gasteiger partial charge < -0.3 is 4.52 Å². The molecule has 2 aromatic rings. The van der Waals surface area contributed by atoms with Crippen LogP contribution in [0.15, 0.2) is 9.68 Å². The summed E-state index contributed by atoms with van der Waals surface area (Å²) in [6.45, 7) is 4.32. The topological polar surface area (TPSA) is 82.5 Å². The summed E-state index contributed by atoms with van der Waals surface area (Å²) < 4.78 is 42.9. The largest absolute Gasteiger partial charge is 0.408 e. The highest BCUT2D eigenvalue weighted by Gasteiger charge is 2.31. The van der Waals surface area contributed by atoms with Gasteiger partial charge in [-0.15, -0.1) is 5.10 Å². The number of rotatable bonds is 5. The minimum atomic E-state index is -4.39. The second-order valence-corrected chi connectivity index (χ2v) is 5.95. The number of aromatic nitrogens is 6. The Hall–Kier alpha value is -1.65. The van der Waals surface area contributed by atoms with E-state index in [1.54, 1.807) is 6.92 Å². The number of alkyl halides is 3. The van der Waals surface area contributed by atoms with Crippen LogP contribution in [-0.2, 0) is 6.54 Å². The zero-order chi connectivity index (χ0) is 15.6. The van der Waals surface area contributed by atoms with Crippen molar-refractivity contribution in [1.82, 2.24) is 30.3 Å². The molecule has 0 radical (unpaired) electrons. The van der Waals surface area contributed by atoms with Gasteiger partial charge in [0.25, 0.3) is 0 Å². The molecule has 21 heavy (non-hydrogen) atoms. The molecule has 7 nitrogen and oxygen atoms in total. The van der Waals surface area contributed by atoms with E-state index in [4.69, 9.17) is 4.52 Å². The molecule has 0 saturated heterocycles. The molecule has 0 fully saturated rings. The summed E-state index contributed by atoms with van der Waals surface area (Å²) in [7, 11) is 0. The Kier molecular flexibility index (Phi) is 4.49. The molecule has 0 N–H and O–H groups in total. The van der Waals surface area contributed by atoms with Crippen LogP contribution < -0.4 is 0 Å². The summed E-state index contributed by atoms with van der Waals surface area (Å²) in [6, 6.07) is 0. The smallest absolute Gasteiger partial charge is 0.338 e. The van der Waals surface area contributed by atoms with Crippen LogP contribution in [0.25, 0.3) is 0 Å². The van der Waals surface area contributed by atoms with Gasteiger partial charge in [-0.3, -0.25) is 0 Å².